The first-order valence-corrected chi connectivity index (χ1v) is 4.60. The van der Waals surface area contributed by atoms with Crippen LogP contribution in [0.2, 0.25) is 5.02 Å². The Hall–Kier alpha value is -1.54. The third kappa shape index (κ3) is 3.21. The topological polar surface area (TPSA) is 77.1 Å². The van der Waals surface area contributed by atoms with E-state index in [4.69, 9.17) is 17.4 Å². The summed E-state index contributed by atoms with van der Waals surface area (Å²) in [4.78, 5) is 22.2. The van der Waals surface area contributed by atoms with E-state index in [9.17, 15) is 22.8 Å². The van der Waals surface area contributed by atoms with E-state index in [1.165, 1.54) is 0 Å². The first-order valence-electron chi connectivity index (χ1n) is 4.22. The van der Waals surface area contributed by atoms with Crippen LogP contribution >= 0.6 is 11.6 Å². The number of pyridine rings is 1. The van der Waals surface area contributed by atoms with Gasteiger partial charge in [0.2, 0.25) is 0 Å². The van der Waals surface area contributed by atoms with Gasteiger partial charge in [0, 0.05) is 6.20 Å². The summed E-state index contributed by atoms with van der Waals surface area (Å²) in [5.74, 6) is 3.94. The summed E-state index contributed by atoms with van der Waals surface area (Å²) < 4.78 is 37.7. The molecular weight excluding hydrogens is 263 g/mol. The Morgan fingerprint density at radius 3 is 2.59 bits per heavy atom. The minimum absolute atomic E-state index is 0.501. The standard InChI is InChI=1S/C8H7ClF3N3O2/c9-5-1-4(8(10,11)12)2-15(7(5)17)3-6(16)14-13/h1-2H,3,13H2,(H,14,16). The van der Waals surface area contributed by atoms with Crippen molar-refractivity contribution in [3.63, 3.8) is 0 Å². The van der Waals surface area contributed by atoms with E-state index in [0.29, 0.717) is 16.8 Å². The number of hydrazine groups is 1. The molecule has 5 nitrogen and oxygen atoms in total. The zero-order chi connectivity index (χ0) is 13.2. The van der Waals surface area contributed by atoms with Gasteiger partial charge in [-0.1, -0.05) is 11.6 Å². The normalized spacial score (nSPS) is 11.4. The van der Waals surface area contributed by atoms with Crippen LogP contribution in [-0.2, 0) is 17.5 Å². The van der Waals surface area contributed by atoms with E-state index in [1.54, 1.807) is 5.43 Å². The van der Waals surface area contributed by atoms with Crippen molar-refractivity contribution >= 4 is 17.5 Å². The maximum atomic E-state index is 12.4. The molecule has 0 aliphatic rings. The summed E-state index contributed by atoms with van der Waals surface area (Å²) in [5.41, 5.74) is -0.323. The largest absolute Gasteiger partial charge is 0.417 e. The molecule has 1 rings (SSSR count). The lowest BCUT2D eigenvalue weighted by Crippen LogP contribution is -2.36. The summed E-state index contributed by atoms with van der Waals surface area (Å²) in [5, 5.41) is -0.621. The third-order valence-electron chi connectivity index (χ3n) is 1.84. The average Bonchev–Trinajstić information content (AvgIpc) is 2.22. The number of aromatic nitrogens is 1. The molecule has 1 aromatic heterocycles. The number of nitrogens with zero attached hydrogens (tertiary/aromatic N) is 1. The first kappa shape index (κ1) is 13.5. The van der Waals surface area contributed by atoms with Crippen LogP contribution in [0.4, 0.5) is 13.2 Å². The molecule has 0 spiro atoms. The van der Waals surface area contributed by atoms with E-state index in [1.807, 2.05) is 0 Å². The summed E-state index contributed by atoms with van der Waals surface area (Å²) >= 11 is 5.36. The molecular formula is C8H7ClF3N3O2. The molecule has 0 aromatic carbocycles. The van der Waals surface area contributed by atoms with Crippen molar-refractivity contribution in [2.45, 2.75) is 12.7 Å². The van der Waals surface area contributed by atoms with Gasteiger partial charge in [-0.25, -0.2) is 5.84 Å². The van der Waals surface area contributed by atoms with Crippen molar-refractivity contribution in [1.82, 2.24) is 9.99 Å². The number of halogens is 4. The van der Waals surface area contributed by atoms with Gasteiger partial charge in [0.25, 0.3) is 11.5 Å². The monoisotopic (exact) mass is 269 g/mol. The van der Waals surface area contributed by atoms with Crippen molar-refractivity contribution in [1.29, 1.82) is 0 Å². The fourth-order valence-electron chi connectivity index (χ4n) is 1.07. The molecule has 1 aromatic rings. The summed E-state index contributed by atoms with van der Waals surface area (Å²) in [7, 11) is 0. The van der Waals surface area contributed by atoms with E-state index >= 15 is 0 Å². The molecule has 0 atom stereocenters. The predicted octanol–water partition coefficient (Wildman–Crippen LogP) is 0.510. The number of amides is 1. The van der Waals surface area contributed by atoms with Crippen LogP contribution in [0.15, 0.2) is 17.1 Å². The predicted molar refractivity (Wildman–Crippen MR) is 53.0 cm³/mol. The van der Waals surface area contributed by atoms with Gasteiger partial charge in [-0.3, -0.25) is 15.0 Å². The fraction of sp³-hybridized carbons (Fsp3) is 0.250. The van der Waals surface area contributed by atoms with Crippen molar-refractivity contribution in [3.8, 4) is 0 Å². The Kier molecular flexibility index (Phi) is 3.79. The van der Waals surface area contributed by atoms with E-state index in [2.05, 4.69) is 0 Å². The van der Waals surface area contributed by atoms with Crippen molar-refractivity contribution in [3.05, 3.63) is 33.2 Å². The average molecular weight is 270 g/mol. The molecule has 3 N–H and O–H groups in total. The highest BCUT2D eigenvalue weighted by atomic mass is 35.5. The van der Waals surface area contributed by atoms with Crippen LogP contribution < -0.4 is 16.8 Å². The Labute approximate surface area is 97.9 Å². The summed E-state index contributed by atoms with van der Waals surface area (Å²) in [6, 6.07) is 0.501. The van der Waals surface area contributed by atoms with E-state index in [-0.39, 0.29) is 0 Å². The third-order valence-corrected chi connectivity index (χ3v) is 2.12. The minimum Gasteiger partial charge on any atom is -0.304 e. The van der Waals surface area contributed by atoms with Crippen LogP contribution in [0, 0.1) is 0 Å². The second-order valence-corrected chi connectivity index (χ2v) is 3.48. The molecule has 94 valence electrons. The molecule has 1 heterocycles. The van der Waals surface area contributed by atoms with E-state index in [0.717, 1.165) is 0 Å². The molecule has 0 saturated heterocycles. The van der Waals surface area contributed by atoms with Crippen molar-refractivity contribution in [2.24, 2.45) is 5.84 Å². The Morgan fingerprint density at radius 2 is 2.12 bits per heavy atom. The van der Waals surface area contributed by atoms with Crippen LogP contribution in [0.5, 0.6) is 0 Å². The first-order chi connectivity index (χ1) is 7.75. The maximum absolute atomic E-state index is 12.4. The van der Waals surface area contributed by atoms with Gasteiger partial charge in [-0.2, -0.15) is 13.2 Å². The number of rotatable bonds is 2. The lowest BCUT2D eigenvalue weighted by atomic mass is 10.2. The number of alkyl halides is 3. The van der Waals surface area contributed by atoms with Gasteiger partial charge in [0.05, 0.1) is 5.56 Å². The highest BCUT2D eigenvalue weighted by Crippen LogP contribution is 2.29. The molecule has 9 heteroatoms. The molecule has 0 aliphatic heterocycles. The van der Waals surface area contributed by atoms with Gasteiger partial charge in [-0.05, 0) is 6.07 Å². The number of hydrogen-bond donors (Lipinski definition) is 2. The molecule has 0 fully saturated rings. The quantitative estimate of drug-likeness (QED) is 0.467. The maximum Gasteiger partial charge on any atom is 0.417 e. The number of carbonyl (C=O) groups is 1. The van der Waals surface area contributed by atoms with Gasteiger partial charge >= 0.3 is 6.18 Å². The lowest BCUT2D eigenvalue weighted by Gasteiger charge is -2.10. The van der Waals surface area contributed by atoms with Gasteiger partial charge in [0.15, 0.2) is 0 Å². The summed E-state index contributed by atoms with van der Waals surface area (Å²) in [6.45, 7) is -0.640. The number of nitrogens with one attached hydrogen (secondary N) is 1. The second kappa shape index (κ2) is 4.76. The van der Waals surface area contributed by atoms with Gasteiger partial charge in [0.1, 0.15) is 11.6 Å². The molecule has 0 unspecified atom stereocenters. The van der Waals surface area contributed by atoms with Crippen molar-refractivity contribution < 1.29 is 18.0 Å². The Balaban J connectivity index is 3.26. The molecule has 17 heavy (non-hydrogen) atoms. The minimum atomic E-state index is -4.65. The second-order valence-electron chi connectivity index (χ2n) is 3.08. The molecule has 0 saturated carbocycles. The van der Waals surface area contributed by atoms with Crippen molar-refractivity contribution in [2.75, 3.05) is 0 Å². The van der Waals surface area contributed by atoms with Crippen LogP contribution in [-0.4, -0.2) is 10.5 Å². The zero-order valence-corrected chi connectivity index (χ0v) is 8.97. The van der Waals surface area contributed by atoms with Crippen LogP contribution in [0.3, 0.4) is 0 Å². The fourth-order valence-corrected chi connectivity index (χ4v) is 1.30. The molecule has 0 bridgehead atoms. The van der Waals surface area contributed by atoms with Gasteiger partial charge < -0.3 is 4.57 Å². The van der Waals surface area contributed by atoms with Crippen LogP contribution in [0.25, 0.3) is 0 Å². The molecule has 0 radical (unpaired) electrons. The zero-order valence-electron chi connectivity index (χ0n) is 8.21. The number of carbonyl (C=O) groups excluding carboxylic acids is 1. The summed E-state index contributed by atoms with van der Waals surface area (Å²) in [6.07, 6.45) is -4.15. The Bertz CT molecular complexity index is 498. The highest BCUT2D eigenvalue weighted by molar-refractivity contribution is 6.30. The van der Waals surface area contributed by atoms with Crippen LogP contribution in [0.1, 0.15) is 5.56 Å². The molecule has 1 amide bonds. The highest BCUT2D eigenvalue weighted by Gasteiger charge is 2.32. The number of nitrogens with two attached hydrogens (primary N) is 1. The van der Waals surface area contributed by atoms with Gasteiger partial charge in [-0.15, -0.1) is 0 Å². The smallest absolute Gasteiger partial charge is 0.304 e. The SMILES string of the molecule is NNC(=O)Cn1cc(C(F)(F)F)cc(Cl)c1=O. The molecule has 0 aliphatic carbocycles. The number of hydrogen-bond acceptors (Lipinski definition) is 3. The van der Waals surface area contributed by atoms with E-state index < -0.39 is 34.8 Å². The Morgan fingerprint density at radius 1 is 1.53 bits per heavy atom. The lowest BCUT2D eigenvalue weighted by molar-refractivity contribution is -0.138.